The first kappa shape index (κ1) is 71.5. The van der Waals surface area contributed by atoms with Crippen LogP contribution in [0, 0.1) is 0 Å². The van der Waals surface area contributed by atoms with Crippen molar-refractivity contribution in [2.75, 3.05) is 14.7 Å². The lowest BCUT2D eigenvalue weighted by Crippen LogP contribution is -2.61. The zero-order valence-electron chi connectivity index (χ0n) is 67.3. The number of hydrogen-bond acceptors (Lipinski definition) is 3. The number of hydrogen-bond donors (Lipinski definition) is 0. The number of rotatable bonds is 13. The van der Waals surface area contributed by atoms with Gasteiger partial charge < -0.3 is 14.7 Å². The first-order chi connectivity index (χ1) is 56.4. The van der Waals surface area contributed by atoms with Gasteiger partial charge in [-0.1, -0.05) is 360 Å². The normalized spacial score (nSPS) is 12.6. The van der Waals surface area contributed by atoms with Gasteiger partial charge in [-0.05, 0) is 233 Å². The molecule has 0 unspecified atom stereocenters. The molecule has 0 N–H and O–H groups in total. The Hall–Kier alpha value is -13.5. The van der Waals surface area contributed by atoms with E-state index in [0.717, 1.165) is 129 Å². The summed E-state index contributed by atoms with van der Waals surface area (Å²) in [7, 11) is 0. The lowest BCUT2D eigenvalue weighted by Gasteiger charge is -2.46. The average Bonchev–Trinajstić information content (AvgIpc) is 0.670. The third-order valence-electron chi connectivity index (χ3n) is 24.4. The molecule has 2 aliphatic heterocycles. The summed E-state index contributed by atoms with van der Waals surface area (Å²) in [6.45, 7) is 20.8. The second kappa shape index (κ2) is 28.2. The zero-order valence-corrected chi connectivity index (χ0v) is 67.3. The molecule has 20 rings (SSSR count). The molecule has 4 heteroatoms. The molecule has 116 heavy (non-hydrogen) atoms. The molecule has 0 fully saturated rings. The maximum Gasteiger partial charge on any atom is 0.252 e. The third-order valence-corrected chi connectivity index (χ3v) is 24.4. The van der Waals surface area contributed by atoms with Crippen LogP contribution in [0.3, 0.4) is 0 Å². The van der Waals surface area contributed by atoms with E-state index in [-0.39, 0.29) is 23.0 Å². The molecule has 0 spiro atoms. The average molecular weight is 1490 g/mol. The van der Waals surface area contributed by atoms with Crippen LogP contribution in [0.5, 0.6) is 0 Å². The fourth-order valence-electron chi connectivity index (χ4n) is 18.3. The Bertz CT molecular complexity index is 6490. The predicted octanol–water partition coefficient (Wildman–Crippen LogP) is 29.4. The highest BCUT2D eigenvalue weighted by atomic mass is 15.2. The second-order valence-electron chi connectivity index (χ2n) is 34.9. The van der Waals surface area contributed by atoms with E-state index in [2.05, 4.69) is 459 Å². The van der Waals surface area contributed by atoms with Crippen LogP contribution in [0.4, 0.5) is 51.2 Å². The molecule has 0 amide bonds. The van der Waals surface area contributed by atoms with E-state index < -0.39 is 0 Å². The summed E-state index contributed by atoms with van der Waals surface area (Å²) in [4.78, 5) is 7.97. The largest absolute Gasteiger partial charge is 0.310 e. The van der Waals surface area contributed by atoms with Crippen molar-refractivity contribution in [2.45, 2.75) is 78.6 Å². The van der Waals surface area contributed by atoms with Gasteiger partial charge in [0.1, 0.15) is 0 Å². The SMILES string of the molecule is CC(C)(C)c1cc(-c2ccccc2)c(N2c3ccc(-c4ccccc4)cc3B3c4ccc(-c5cc6ccc7cc(C(C)(C)C)cc8ccc(c5)c6c78)cc4N(c4c(-c5ccccc5)cc(C(C)(C)C)cc4-c4ccccc4)c4cc(N(c5ccc(-c6ccccc6)cc5)c5ccc(-c6ccccc6)cc5)cc2c43)c(-c2ccccc2)c1. The molecule has 0 saturated heterocycles. The summed E-state index contributed by atoms with van der Waals surface area (Å²) in [5, 5.41) is 7.65. The van der Waals surface area contributed by atoms with Gasteiger partial charge >= 0.3 is 0 Å². The van der Waals surface area contributed by atoms with Gasteiger partial charge in [0, 0.05) is 56.4 Å². The predicted molar refractivity (Wildman–Crippen MR) is 498 cm³/mol. The topological polar surface area (TPSA) is 9.72 Å². The van der Waals surface area contributed by atoms with Crippen molar-refractivity contribution < 1.29 is 0 Å². The van der Waals surface area contributed by atoms with Crippen LogP contribution in [-0.4, -0.2) is 6.71 Å². The summed E-state index contributed by atoms with van der Waals surface area (Å²) in [6.07, 6.45) is 0. The Labute approximate surface area is 683 Å². The minimum absolute atomic E-state index is 0.00294. The van der Waals surface area contributed by atoms with Crippen molar-refractivity contribution in [3.63, 3.8) is 0 Å². The van der Waals surface area contributed by atoms with Crippen LogP contribution < -0.4 is 31.1 Å². The van der Waals surface area contributed by atoms with Gasteiger partial charge in [0.15, 0.2) is 0 Å². The molecule has 2 heterocycles. The van der Waals surface area contributed by atoms with Crippen LogP contribution in [-0.2, 0) is 16.2 Å². The number of anilines is 9. The Morgan fingerprint density at radius 2 is 0.517 bits per heavy atom. The van der Waals surface area contributed by atoms with Crippen LogP contribution in [0.25, 0.3) is 121 Å². The molecule has 0 aromatic heterocycles. The Kier molecular flexibility index (Phi) is 17.4. The molecule has 0 saturated carbocycles. The molecule has 0 atom stereocenters. The summed E-state index contributed by atoms with van der Waals surface area (Å²) in [6, 6.07) is 145. The lowest BCUT2D eigenvalue weighted by atomic mass is 9.33. The van der Waals surface area contributed by atoms with Crippen LogP contribution >= 0.6 is 0 Å². The lowest BCUT2D eigenvalue weighted by molar-refractivity contribution is 0.590. The standard InChI is InChI=1S/C112H90BN3/c1-110(2,3)89-63-86-47-45-84-61-88(62-85-46-48-87(64-89)106(86)105(84)85)83-53-59-99-102(66-83)116(109-97(80-41-27-15-28-42-80)69-91(112(7,8)9)70-98(109)81-43-29-16-30-44-81)104-72-94(114(92-55-49-76(50-56-92)73-31-17-10-18-32-73)93-57-51-77(52-58-93)74-33-19-11-20-34-74)71-103-107(104)113(99)100-65-82(75-35-21-12-22-36-75)54-60-101(100)115(103)108-95(78-37-23-13-24-38-78)67-90(111(4,5)6)68-96(108)79-39-25-14-26-40-79/h10-72H,1-9H3. The van der Waals surface area contributed by atoms with E-state index in [1.54, 1.807) is 0 Å². The number of fused-ring (bicyclic) bond motifs is 4. The van der Waals surface area contributed by atoms with E-state index in [1.807, 2.05) is 0 Å². The zero-order chi connectivity index (χ0) is 78.7. The minimum Gasteiger partial charge on any atom is -0.310 e. The summed E-state index contributed by atoms with van der Waals surface area (Å²) in [5.41, 5.74) is 35.0. The summed E-state index contributed by atoms with van der Waals surface area (Å²) >= 11 is 0. The van der Waals surface area contributed by atoms with E-state index in [4.69, 9.17) is 0 Å². The Balaban J connectivity index is 0.962. The van der Waals surface area contributed by atoms with Crippen molar-refractivity contribution in [1.82, 2.24) is 0 Å². The fraction of sp³-hybridized carbons (Fsp3) is 0.107. The minimum atomic E-state index is -0.306. The third kappa shape index (κ3) is 12.6. The van der Waals surface area contributed by atoms with Gasteiger partial charge in [-0.25, -0.2) is 0 Å². The van der Waals surface area contributed by atoms with Gasteiger partial charge in [0.05, 0.1) is 17.1 Å². The molecular weight excluding hydrogens is 1400 g/mol. The highest BCUT2D eigenvalue weighted by Crippen LogP contribution is 2.57. The molecule has 18 aromatic rings. The first-order valence-corrected chi connectivity index (χ1v) is 41.0. The highest BCUT2D eigenvalue weighted by Gasteiger charge is 2.47. The van der Waals surface area contributed by atoms with Gasteiger partial charge in [0.25, 0.3) is 6.71 Å². The monoisotopic (exact) mass is 1490 g/mol. The molecule has 0 aliphatic carbocycles. The van der Waals surface area contributed by atoms with Crippen LogP contribution in [0.15, 0.2) is 382 Å². The van der Waals surface area contributed by atoms with Gasteiger partial charge in [0.2, 0.25) is 0 Å². The maximum atomic E-state index is 2.74. The summed E-state index contributed by atoms with van der Waals surface area (Å²) in [5.74, 6) is 0. The van der Waals surface area contributed by atoms with Gasteiger partial charge in [-0.3, -0.25) is 0 Å². The Morgan fingerprint density at radius 1 is 0.216 bits per heavy atom. The van der Waals surface area contributed by atoms with Crippen LogP contribution in [0.1, 0.15) is 79.0 Å². The van der Waals surface area contributed by atoms with Crippen molar-refractivity contribution in [1.29, 1.82) is 0 Å². The molecule has 556 valence electrons. The van der Waals surface area contributed by atoms with Crippen LogP contribution in [0.2, 0.25) is 0 Å². The van der Waals surface area contributed by atoms with E-state index >= 15 is 0 Å². The van der Waals surface area contributed by atoms with E-state index in [1.165, 1.54) is 76.5 Å². The maximum absolute atomic E-state index is 2.74. The van der Waals surface area contributed by atoms with E-state index in [9.17, 15) is 0 Å². The smallest absolute Gasteiger partial charge is 0.252 e. The molecular formula is C112H90BN3. The number of nitrogens with zero attached hydrogens (tertiary/aromatic N) is 3. The molecule has 18 aromatic carbocycles. The molecule has 2 aliphatic rings. The second-order valence-corrected chi connectivity index (χ2v) is 34.9. The summed E-state index contributed by atoms with van der Waals surface area (Å²) < 4.78 is 0. The number of benzene rings is 18. The van der Waals surface area contributed by atoms with Crippen molar-refractivity contribution in [3.05, 3.63) is 399 Å². The van der Waals surface area contributed by atoms with Crippen molar-refractivity contribution >= 4 is 107 Å². The van der Waals surface area contributed by atoms with E-state index in [0.29, 0.717) is 0 Å². The fourth-order valence-corrected chi connectivity index (χ4v) is 18.3. The van der Waals surface area contributed by atoms with Crippen molar-refractivity contribution in [2.24, 2.45) is 0 Å². The Morgan fingerprint density at radius 3 is 0.888 bits per heavy atom. The molecule has 0 bridgehead atoms. The van der Waals surface area contributed by atoms with Gasteiger partial charge in [-0.2, -0.15) is 0 Å². The van der Waals surface area contributed by atoms with Gasteiger partial charge in [-0.15, -0.1) is 0 Å². The quantitative estimate of drug-likeness (QED) is 0.0841. The highest BCUT2D eigenvalue weighted by molar-refractivity contribution is 7.00. The van der Waals surface area contributed by atoms with Crippen molar-refractivity contribution in [3.8, 4) is 89.0 Å². The first-order valence-electron chi connectivity index (χ1n) is 41.0. The molecule has 3 nitrogen and oxygen atoms in total. The molecule has 0 radical (unpaired) electrons.